The molecule has 6 aliphatic rings. The lowest BCUT2D eigenvalue weighted by atomic mass is 9.38. The predicted octanol–water partition coefficient (Wildman–Crippen LogP) is 1.35. The molecule has 39 heavy (non-hydrogen) atoms. The van der Waals surface area contributed by atoms with E-state index in [-0.39, 0.29) is 46.4 Å². The molecule has 2 bridgehead atoms. The number of benzene rings is 2. The van der Waals surface area contributed by atoms with Gasteiger partial charge in [-0.25, -0.2) is 0 Å². The van der Waals surface area contributed by atoms with E-state index in [4.69, 9.17) is 14.2 Å². The van der Waals surface area contributed by atoms with Crippen molar-refractivity contribution in [3.05, 3.63) is 53.6 Å². The van der Waals surface area contributed by atoms with Crippen LogP contribution >= 0.6 is 0 Å². The van der Waals surface area contributed by atoms with Gasteiger partial charge in [0.15, 0.2) is 11.5 Å². The van der Waals surface area contributed by atoms with Crippen LogP contribution in [0.4, 0.5) is 5.69 Å². The van der Waals surface area contributed by atoms with Crippen molar-refractivity contribution in [1.29, 1.82) is 0 Å². The number of quaternary nitrogens is 1. The first-order chi connectivity index (χ1) is 18.4. The van der Waals surface area contributed by atoms with E-state index >= 15 is 0 Å². The zero-order valence-electron chi connectivity index (χ0n) is 22.9. The van der Waals surface area contributed by atoms with Crippen molar-refractivity contribution in [2.75, 3.05) is 46.3 Å². The summed E-state index contributed by atoms with van der Waals surface area (Å²) in [5.41, 5.74) is 2.67. The zero-order valence-corrected chi connectivity index (χ0v) is 23.7. The Morgan fingerprint density at radius 2 is 1.77 bits per heavy atom. The molecule has 0 amide bonds. The normalized spacial score (nSPS) is 36.5. The molecule has 3 aliphatic carbocycles. The van der Waals surface area contributed by atoms with Gasteiger partial charge in [0.05, 0.1) is 51.3 Å². The van der Waals surface area contributed by atoms with Gasteiger partial charge in [0.25, 0.3) is 0 Å². The molecule has 6 atom stereocenters. The maximum Gasteiger partial charge on any atom is 0.311 e. The molecule has 1 N–H and O–H groups in total. The van der Waals surface area contributed by atoms with Gasteiger partial charge in [0, 0.05) is 23.1 Å². The molecule has 3 spiro atoms. The van der Waals surface area contributed by atoms with Crippen molar-refractivity contribution in [2.24, 2.45) is 11.3 Å². The number of fused-ring (bicyclic) bond motifs is 3. The van der Waals surface area contributed by atoms with Crippen LogP contribution in [0.2, 0.25) is 0 Å². The van der Waals surface area contributed by atoms with Crippen LogP contribution in [0, 0.1) is 11.3 Å². The number of ether oxygens (including phenoxy) is 3. The van der Waals surface area contributed by atoms with Crippen LogP contribution in [-0.4, -0.2) is 68.8 Å². The van der Waals surface area contributed by atoms with Crippen molar-refractivity contribution < 1.29 is 40.7 Å². The minimum atomic E-state index is -0.361. The van der Waals surface area contributed by atoms with Crippen LogP contribution in [-0.2, 0) is 14.9 Å². The summed E-state index contributed by atoms with van der Waals surface area (Å²) < 4.78 is 17.2. The maximum absolute atomic E-state index is 14.0. The van der Waals surface area contributed by atoms with Crippen molar-refractivity contribution >= 4 is 17.4 Å². The van der Waals surface area contributed by atoms with E-state index in [1.54, 1.807) is 14.2 Å². The van der Waals surface area contributed by atoms with Crippen molar-refractivity contribution in [1.82, 2.24) is 0 Å². The lowest BCUT2D eigenvalue weighted by Gasteiger charge is -2.69. The van der Waals surface area contributed by atoms with Gasteiger partial charge in [0.2, 0.25) is 5.78 Å². The number of piperidine rings is 1. The fraction of sp³-hybridized carbons (Fsp3) is 0.548. The number of methoxy groups -OCH3 is 3. The summed E-state index contributed by atoms with van der Waals surface area (Å²) in [4.78, 5) is 27.4. The van der Waals surface area contributed by atoms with Gasteiger partial charge in [-0.3, -0.25) is 9.59 Å². The summed E-state index contributed by atoms with van der Waals surface area (Å²) in [5.74, 6) is 1.10. The van der Waals surface area contributed by atoms with E-state index in [1.807, 2.05) is 18.2 Å². The number of hydrogen-bond acceptors (Lipinski definition) is 6. The number of ketones is 1. The Hall–Kier alpha value is -2.77. The number of nitrogens with zero attached hydrogens (tertiary/aromatic N) is 1. The monoisotopic (exact) mass is 552 g/mol. The summed E-state index contributed by atoms with van der Waals surface area (Å²) >= 11 is 0. The average Bonchev–Trinajstić information content (AvgIpc) is 3.46. The van der Waals surface area contributed by atoms with Crippen molar-refractivity contribution in [3.8, 4) is 11.5 Å². The quantitative estimate of drug-likeness (QED) is 0.331. The number of para-hydroxylation sites is 1. The number of nitrogens with one attached hydrogen (secondary N) is 1. The van der Waals surface area contributed by atoms with Crippen LogP contribution in [0.1, 0.15) is 54.4 Å². The second-order valence-corrected chi connectivity index (χ2v) is 12.3. The second-order valence-electron chi connectivity index (χ2n) is 12.3. The fourth-order valence-corrected chi connectivity index (χ4v) is 10.2. The van der Waals surface area contributed by atoms with Gasteiger partial charge >= 0.3 is 5.97 Å². The Morgan fingerprint density at radius 1 is 0.974 bits per heavy atom. The molecule has 7 nitrogen and oxygen atoms in total. The van der Waals surface area contributed by atoms with Gasteiger partial charge < -0.3 is 36.4 Å². The number of anilines is 1. The lowest BCUT2D eigenvalue weighted by Crippen LogP contribution is -3.00. The molecule has 0 aromatic heterocycles. The van der Waals surface area contributed by atoms with Crippen molar-refractivity contribution in [3.63, 3.8) is 0 Å². The van der Waals surface area contributed by atoms with E-state index in [0.717, 1.165) is 61.8 Å². The lowest BCUT2D eigenvalue weighted by molar-refractivity contribution is -0.949. The van der Waals surface area contributed by atoms with E-state index in [9.17, 15) is 9.59 Å². The highest BCUT2D eigenvalue weighted by Gasteiger charge is 2.83. The molecule has 8 heteroatoms. The van der Waals surface area contributed by atoms with Gasteiger partial charge in [-0.1, -0.05) is 18.2 Å². The molecule has 208 valence electrons. The molecule has 8 rings (SSSR count). The summed E-state index contributed by atoms with van der Waals surface area (Å²) in [6.07, 6.45) is 6.10. The average molecular weight is 553 g/mol. The molecule has 2 saturated heterocycles. The molecule has 3 saturated carbocycles. The van der Waals surface area contributed by atoms with E-state index in [1.165, 1.54) is 12.7 Å². The standard InChI is InChI=1S/C31H37N2O5.ClH/c1-36-25-10-9-20(17-26(25)37-2)24(34)19-33-15-6-11-29-12-13-31(22(18-29)27(35)38-3)30(14-16-33,28(29)33)21-7-4-5-8-23(21)32-31;/h4-5,7-10,17,22,28,32H,6,11-16,18-19H2,1-3H3;1H/q+1;/p-1/t22-,28-,29+,30+,31+,33?;/m0./s1. The summed E-state index contributed by atoms with van der Waals surface area (Å²) in [6.45, 7) is 2.44. The van der Waals surface area contributed by atoms with Crippen LogP contribution < -0.4 is 27.2 Å². The zero-order chi connectivity index (χ0) is 26.3. The van der Waals surface area contributed by atoms with Gasteiger partial charge in [0.1, 0.15) is 12.6 Å². The molecular formula is C31H37ClN2O5. The first-order valence-electron chi connectivity index (χ1n) is 14.0. The van der Waals surface area contributed by atoms with E-state index in [2.05, 4.69) is 29.6 Å². The third-order valence-corrected chi connectivity index (χ3v) is 11.3. The van der Waals surface area contributed by atoms with E-state index in [0.29, 0.717) is 29.6 Å². The smallest absolute Gasteiger partial charge is 0.311 e. The Bertz CT molecular complexity index is 1350. The SMILES string of the molecule is COC(=O)[C@@H]1C[C@@]23CCC[N+]4(CC(=O)c5ccc(OC)c(OC)c5)CC[C@@]5(c6ccccc6N[C@]15CC2)[C@H]34.[Cl-]. The second kappa shape index (κ2) is 8.87. The largest absolute Gasteiger partial charge is 1.00 e. The molecule has 2 aromatic rings. The Kier molecular flexibility index (Phi) is 6.01. The number of rotatable bonds is 6. The number of halogens is 1. The summed E-state index contributed by atoms with van der Waals surface area (Å²) in [6, 6.07) is 14.5. The summed E-state index contributed by atoms with van der Waals surface area (Å²) in [5, 5.41) is 3.95. The summed E-state index contributed by atoms with van der Waals surface area (Å²) in [7, 11) is 4.74. The van der Waals surface area contributed by atoms with Gasteiger partial charge in [-0.15, -0.1) is 0 Å². The highest BCUT2D eigenvalue weighted by molar-refractivity contribution is 5.97. The molecule has 5 fully saturated rings. The van der Waals surface area contributed by atoms with Crippen LogP contribution in [0.5, 0.6) is 11.5 Å². The number of carbonyl (C=O) groups excluding carboxylic acids is 2. The highest BCUT2D eigenvalue weighted by Crippen LogP contribution is 2.75. The topological polar surface area (TPSA) is 73.9 Å². The molecule has 3 aliphatic heterocycles. The highest BCUT2D eigenvalue weighted by atomic mass is 35.5. The Morgan fingerprint density at radius 3 is 2.54 bits per heavy atom. The fourth-order valence-electron chi connectivity index (χ4n) is 10.2. The van der Waals surface area contributed by atoms with Gasteiger partial charge in [-0.05, 0) is 61.9 Å². The number of esters is 1. The molecule has 0 radical (unpaired) electrons. The molecule has 3 heterocycles. The first kappa shape index (κ1) is 26.5. The third-order valence-electron chi connectivity index (χ3n) is 11.3. The maximum atomic E-state index is 14.0. The Balaban J connectivity index is 0.00000277. The van der Waals surface area contributed by atoms with Crippen LogP contribution in [0.25, 0.3) is 0 Å². The Labute approximate surface area is 236 Å². The third kappa shape index (κ3) is 3.14. The van der Waals surface area contributed by atoms with E-state index < -0.39 is 0 Å². The van der Waals surface area contributed by atoms with Crippen molar-refractivity contribution in [2.45, 2.75) is 55.5 Å². The number of carbonyl (C=O) groups is 2. The van der Waals surface area contributed by atoms with Crippen LogP contribution in [0.15, 0.2) is 42.5 Å². The first-order valence-corrected chi connectivity index (χ1v) is 14.0. The number of hydrogen-bond donors (Lipinski definition) is 1. The molecule has 2 aromatic carbocycles. The van der Waals surface area contributed by atoms with Crippen LogP contribution in [0.3, 0.4) is 0 Å². The number of Topliss-reactive ketones (excluding diaryl/α,β-unsaturated/α-hetero) is 1. The minimum absolute atomic E-state index is 0. The molecular weight excluding hydrogens is 516 g/mol. The predicted molar refractivity (Wildman–Crippen MR) is 143 cm³/mol. The minimum Gasteiger partial charge on any atom is -1.00 e. The van der Waals surface area contributed by atoms with Gasteiger partial charge in [-0.2, -0.15) is 0 Å². The molecule has 1 unspecified atom stereocenters.